The fourth-order valence-electron chi connectivity index (χ4n) is 2.15. The van der Waals surface area contributed by atoms with Gasteiger partial charge < -0.3 is 15.2 Å². The summed E-state index contributed by atoms with van der Waals surface area (Å²) in [5.41, 5.74) is 1.00. The first kappa shape index (κ1) is 13.5. The van der Waals surface area contributed by atoms with Crippen LogP contribution in [0.5, 0.6) is 0 Å². The van der Waals surface area contributed by atoms with Crippen molar-refractivity contribution < 1.29 is 19.4 Å². The Morgan fingerprint density at radius 3 is 2.89 bits per heavy atom. The number of ether oxygens (including phenoxy) is 1. The molecule has 0 aliphatic carbocycles. The van der Waals surface area contributed by atoms with Gasteiger partial charge in [-0.1, -0.05) is 12.1 Å². The molecule has 1 aromatic rings. The Hall–Kier alpha value is -1.88. The first-order valence-electron chi connectivity index (χ1n) is 6.28. The normalized spacial score (nSPS) is 22.2. The molecule has 102 valence electrons. The third-order valence-electron chi connectivity index (χ3n) is 3.21. The highest BCUT2D eigenvalue weighted by Crippen LogP contribution is 2.19. The van der Waals surface area contributed by atoms with Crippen LogP contribution in [0.2, 0.25) is 0 Å². The molecule has 2 unspecified atom stereocenters. The maximum absolute atomic E-state index is 11.9. The van der Waals surface area contributed by atoms with Crippen LogP contribution < -0.4 is 5.32 Å². The number of carboxylic acid groups (broad SMARTS) is 1. The van der Waals surface area contributed by atoms with E-state index in [2.05, 4.69) is 5.32 Å². The third kappa shape index (κ3) is 3.54. The third-order valence-corrected chi connectivity index (χ3v) is 3.21. The molecule has 2 atom stereocenters. The fraction of sp³-hybridized carbons (Fsp3) is 0.429. The van der Waals surface area contributed by atoms with E-state index in [9.17, 15) is 9.59 Å². The minimum atomic E-state index is -0.966. The van der Waals surface area contributed by atoms with Gasteiger partial charge in [0, 0.05) is 6.54 Å². The number of carbonyl (C=O) groups is 2. The number of carboxylic acids is 1. The van der Waals surface area contributed by atoms with Gasteiger partial charge >= 0.3 is 5.97 Å². The van der Waals surface area contributed by atoms with E-state index in [1.54, 1.807) is 18.2 Å². The molecule has 1 saturated heterocycles. The highest BCUT2D eigenvalue weighted by Gasteiger charge is 2.27. The van der Waals surface area contributed by atoms with Crippen molar-refractivity contribution in [2.45, 2.75) is 26.0 Å². The van der Waals surface area contributed by atoms with Crippen molar-refractivity contribution in [1.29, 1.82) is 0 Å². The molecule has 1 aliphatic heterocycles. The van der Waals surface area contributed by atoms with Crippen LogP contribution in [0.15, 0.2) is 24.3 Å². The Morgan fingerprint density at radius 2 is 2.26 bits per heavy atom. The Bertz CT molecular complexity index is 486. The van der Waals surface area contributed by atoms with Crippen molar-refractivity contribution in [2.24, 2.45) is 5.92 Å². The molecule has 0 saturated carbocycles. The number of nitrogens with one attached hydrogen (secondary N) is 1. The van der Waals surface area contributed by atoms with Crippen LogP contribution in [-0.2, 0) is 16.1 Å². The zero-order valence-corrected chi connectivity index (χ0v) is 10.8. The van der Waals surface area contributed by atoms with Crippen molar-refractivity contribution in [3.05, 3.63) is 35.4 Å². The van der Waals surface area contributed by atoms with Crippen LogP contribution in [0.3, 0.4) is 0 Å². The van der Waals surface area contributed by atoms with Gasteiger partial charge in [0.25, 0.3) is 0 Å². The molecule has 1 aliphatic rings. The zero-order valence-electron chi connectivity index (χ0n) is 10.8. The summed E-state index contributed by atoms with van der Waals surface area (Å²) < 4.78 is 5.35. The van der Waals surface area contributed by atoms with E-state index in [0.29, 0.717) is 13.2 Å². The lowest BCUT2D eigenvalue weighted by Gasteiger charge is -2.09. The van der Waals surface area contributed by atoms with E-state index < -0.39 is 5.97 Å². The summed E-state index contributed by atoms with van der Waals surface area (Å²) in [5, 5.41) is 11.7. The van der Waals surface area contributed by atoms with E-state index in [4.69, 9.17) is 9.84 Å². The first-order valence-corrected chi connectivity index (χ1v) is 6.28. The van der Waals surface area contributed by atoms with E-state index in [1.807, 2.05) is 6.92 Å². The molecule has 5 heteroatoms. The number of amides is 1. The summed E-state index contributed by atoms with van der Waals surface area (Å²) in [6, 6.07) is 6.56. The van der Waals surface area contributed by atoms with Crippen LogP contribution in [-0.4, -0.2) is 29.7 Å². The molecule has 1 heterocycles. The molecule has 5 nitrogen and oxygen atoms in total. The summed E-state index contributed by atoms with van der Waals surface area (Å²) >= 11 is 0. The van der Waals surface area contributed by atoms with Crippen molar-refractivity contribution in [3.63, 3.8) is 0 Å². The SMILES string of the molecule is CC1CC(C(=O)NCc2cccc(C(=O)O)c2)CO1. The summed E-state index contributed by atoms with van der Waals surface area (Å²) in [4.78, 5) is 22.7. The minimum Gasteiger partial charge on any atom is -0.478 e. The second kappa shape index (κ2) is 5.84. The number of aromatic carboxylic acids is 1. The van der Waals surface area contributed by atoms with Gasteiger partial charge in [-0.15, -0.1) is 0 Å². The molecule has 2 rings (SSSR count). The Kier molecular flexibility index (Phi) is 4.16. The number of hydrogen-bond acceptors (Lipinski definition) is 3. The second-order valence-electron chi connectivity index (χ2n) is 4.80. The first-order chi connectivity index (χ1) is 9.06. The van der Waals surface area contributed by atoms with Gasteiger partial charge in [-0.3, -0.25) is 4.79 Å². The predicted octanol–water partition coefficient (Wildman–Crippen LogP) is 1.43. The molecule has 2 N–H and O–H groups in total. The largest absolute Gasteiger partial charge is 0.478 e. The van der Waals surface area contributed by atoms with Crippen molar-refractivity contribution in [2.75, 3.05) is 6.61 Å². The van der Waals surface area contributed by atoms with Gasteiger partial charge in [0.2, 0.25) is 5.91 Å². The fourth-order valence-corrected chi connectivity index (χ4v) is 2.15. The Balaban J connectivity index is 1.90. The minimum absolute atomic E-state index is 0.0370. The van der Waals surface area contributed by atoms with Gasteiger partial charge in [-0.05, 0) is 31.0 Å². The monoisotopic (exact) mass is 263 g/mol. The average molecular weight is 263 g/mol. The maximum atomic E-state index is 11.9. The van der Waals surface area contributed by atoms with E-state index >= 15 is 0 Å². The predicted molar refractivity (Wildman–Crippen MR) is 68.8 cm³/mol. The maximum Gasteiger partial charge on any atom is 0.335 e. The van der Waals surface area contributed by atoms with Gasteiger partial charge in [0.05, 0.1) is 24.2 Å². The highest BCUT2D eigenvalue weighted by molar-refractivity contribution is 5.87. The number of hydrogen-bond donors (Lipinski definition) is 2. The summed E-state index contributed by atoms with van der Waals surface area (Å²) in [6.07, 6.45) is 0.868. The van der Waals surface area contributed by atoms with Crippen LogP contribution in [0, 0.1) is 5.92 Å². The van der Waals surface area contributed by atoms with Crippen LogP contribution in [0.4, 0.5) is 0 Å². The molecule has 0 bridgehead atoms. The Labute approximate surface area is 111 Å². The highest BCUT2D eigenvalue weighted by atomic mass is 16.5. The summed E-state index contributed by atoms with van der Waals surface area (Å²) in [6.45, 7) is 2.75. The molecule has 1 aromatic carbocycles. The Morgan fingerprint density at radius 1 is 1.47 bits per heavy atom. The average Bonchev–Trinajstić information content (AvgIpc) is 2.83. The molecule has 19 heavy (non-hydrogen) atoms. The molecular weight excluding hydrogens is 246 g/mol. The van der Waals surface area contributed by atoms with Gasteiger partial charge in [0.1, 0.15) is 0 Å². The zero-order chi connectivity index (χ0) is 13.8. The number of carbonyl (C=O) groups excluding carboxylic acids is 1. The lowest BCUT2D eigenvalue weighted by molar-refractivity contribution is -0.125. The lowest BCUT2D eigenvalue weighted by Crippen LogP contribution is -2.30. The number of rotatable bonds is 4. The van der Waals surface area contributed by atoms with Crippen LogP contribution in [0.1, 0.15) is 29.3 Å². The van der Waals surface area contributed by atoms with Crippen LogP contribution in [0.25, 0.3) is 0 Å². The molecule has 0 aromatic heterocycles. The molecular formula is C14H17NO4. The van der Waals surface area contributed by atoms with Crippen molar-refractivity contribution in [3.8, 4) is 0 Å². The molecule has 1 fully saturated rings. The van der Waals surface area contributed by atoms with Gasteiger partial charge in [-0.2, -0.15) is 0 Å². The second-order valence-corrected chi connectivity index (χ2v) is 4.80. The molecule has 1 amide bonds. The summed E-state index contributed by atoms with van der Waals surface area (Å²) in [7, 11) is 0. The van der Waals surface area contributed by atoms with E-state index in [-0.39, 0.29) is 23.5 Å². The lowest BCUT2D eigenvalue weighted by atomic mass is 10.1. The smallest absolute Gasteiger partial charge is 0.335 e. The topological polar surface area (TPSA) is 75.6 Å². The van der Waals surface area contributed by atoms with E-state index in [1.165, 1.54) is 6.07 Å². The van der Waals surface area contributed by atoms with Gasteiger partial charge in [0.15, 0.2) is 0 Å². The molecule has 0 spiro atoms. The number of benzene rings is 1. The summed E-state index contributed by atoms with van der Waals surface area (Å²) in [5.74, 6) is -1.10. The van der Waals surface area contributed by atoms with E-state index in [0.717, 1.165) is 12.0 Å². The van der Waals surface area contributed by atoms with Crippen LogP contribution >= 0.6 is 0 Å². The van der Waals surface area contributed by atoms with Crippen molar-refractivity contribution >= 4 is 11.9 Å². The quantitative estimate of drug-likeness (QED) is 0.861. The van der Waals surface area contributed by atoms with Gasteiger partial charge in [-0.25, -0.2) is 4.79 Å². The standard InChI is InChI=1S/C14H17NO4/c1-9-5-12(8-19-9)13(16)15-7-10-3-2-4-11(6-10)14(17)18/h2-4,6,9,12H,5,7-8H2,1H3,(H,15,16)(H,17,18). The van der Waals surface area contributed by atoms with Crippen molar-refractivity contribution in [1.82, 2.24) is 5.32 Å². The molecule has 0 radical (unpaired) electrons.